The van der Waals surface area contributed by atoms with Gasteiger partial charge in [-0.3, -0.25) is 9.79 Å². The number of amidine groups is 1. The van der Waals surface area contributed by atoms with Gasteiger partial charge in [-0.25, -0.2) is 22.5 Å². The van der Waals surface area contributed by atoms with Gasteiger partial charge in [0.25, 0.3) is 12.3 Å². The highest BCUT2D eigenvalue weighted by atomic mass is 35.5. The normalized spacial score (nSPS) is 16.1. The molecule has 28 heavy (non-hydrogen) atoms. The number of alkyl halides is 2. The number of nitrogens with zero attached hydrogens (tertiary/aromatic N) is 2. The Bertz CT molecular complexity index is 850. The fraction of sp³-hybridized carbons (Fsp3) is 0.235. The summed E-state index contributed by atoms with van der Waals surface area (Å²) in [4.78, 5) is 18.8. The summed E-state index contributed by atoms with van der Waals surface area (Å²) in [5, 5.41) is 2.50. The number of ether oxygens (including phenoxy) is 1. The zero-order valence-electron chi connectivity index (χ0n) is 14.2. The second kappa shape index (κ2) is 10.00. The summed E-state index contributed by atoms with van der Waals surface area (Å²) >= 11 is 5.52. The highest BCUT2D eigenvalue weighted by Crippen LogP contribution is 2.14. The average molecular weight is 419 g/mol. The lowest BCUT2D eigenvalue weighted by Gasteiger charge is -2.17. The molecule has 0 aliphatic carbocycles. The van der Waals surface area contributed by atoms with E-state index >= 15 is 0 Å². The van der Waals surface area contributed by atoms with E-state index in [9.17, 15) is 22.4 Å². The number of carbonyl (C=O) groups is 1. The Balaban J connectivity index is 0.000000237. The van der Waals surface area contributed by atoms with Crippen LogP contribution in [0.5, 0.6) is 0 Å². The van der Waals surface area contributed by atoms with Gasteiger partial charge in [-0.05, 0) is 30.3 Å². The molecule has 0 fully saturated rings. The van der Waals surface area contributed by atoms with Crippen LogP contribution < -0.4 is 11.1 Å². The average Bonchev–Trinajstić information content (AvgIpc) is 2.64. The Labute approximate surface area is 162 Å². The number of benzene rings is 1. The minimum absolute atomic E-state index is 0.0294. The number of amides is 1. The molecule has 1 amide bonds. The van der Waals surface area contributed by atoms with Gasteiger partial charge in [0.1, 0.15) is 24.3 Å². The summed E-state index contributed by atoms with van der Waals surface area (Å²) in [5.74, 6) is -1.82. The number of aliphatic imine (C=N–C) groups is 1. The second-order valence-corrected chi connectivity index (χ2v) is 5.92. The number of hydrogen-bond acceptors (Lipinski definition) is 5. The molecule has 1 aliphatic heterocycles. The van der Waals surface area contributed by atoms with Crippen LogP contribution in [0.4, 0.5) is 23.2 Å². The van der Waals surface area contributed by atoms with Crippen molar-refractivity contribution in [1.29, 1.82) is 0 Å². The van der Waals surface area contributed by atoms with E-state index in [2.05, 4.69) is 15.3 Å². The predicted octanol–water partition coefficient (Wildman–Crippen LogP) is 3.27. The number of pyridine rings is 1. The van der Waals surface area contributed by atoms with Crippen LogP contribution in [-0.4, -0.2) is 42.4 Å². The molecule has 6 nitrogen and oxygen atoms in total. The standard InChI is InChI=1S/C12H7ClF2N2O.C5H8F2N2O/c13-7-5-10(15)11(16-6-7)12(18)17-9-3-1-8(14)2-4-9;6-5(7)3-1-10-2-4(8)9-3/h1-6H,(H,17,18);3,5H,1-2H2,(H2,8,9)/t;3-/m.1/s1. The number of aromatic nitrogens is 1. The molecule has 2 aromatic rings. The lowest BCUT2D eigenvalue weighted by Crippen LogP contribution is -2.34. The zero-order valence-corrected chi connectivity index (χ0v) is 15.0. The Morgan fingerprint density at radius 2 is 1.96 bits per heavy atom. The van der Waals surface area contributed by atoms with Crippen molar-refractivity contribution in [3.8, 4) is 0 Å². The summed E-state index contributed by atoms with van der Waals surface area (Å²) in [6.45, 7) is 0.140. The van der Waals surface area contributed by atoms with Crippen molar-refractivity contribution < 1.29 is 27.1 Å². The molecule has 0 saturated heterocycles. The molecular weight excluding hydrogens is 404 g/mol. The van der Waals surface area contributed by atoms with Crippen molar-refractivity contribution in [3.63, 3.8) is 0 Å². The third kappa shape index (κ3) is 6.46. The van der Waals surface area contributed by atoms with Crippen molar-refractivity contribution >= 4 is 29.0 Å². The van der Waals surface area contributed by atoms with E-state index in [-0.39, 0.29) is 29.8 Å². The number of nitrogens with one attached hydrogen (secondary N) is 1. The summed E-state index contributed by atoms with van der Waals surface area (Å²) in [6, 6.07) is 5.02. The third-order valence-electron chi connectivity index (χ3n) is 3.29. The molecule has 3 N–H and O–H groups in total. The minimum atomic E-state index is -2.47. The number of rotatable bonds is 3. The monoisotopic (exact) mass is 418 g/mol. The Hall–Kier alpha value is -2.72. The van der Waals surface area contributed by atoms with Crippen molar-refractivity contribution in [2.45, 2.75) is 12.5 Å². The van der Waals surface area contributed by atoms with Crippen molar-refractivity contribution in [2.75, 3.05) is 18.5 Å². The lowest BCUT2D eigenvalue weighted by atomic mass is 10.3. The minimum Gasteiger partial charge on any atom is -0.386 e. The Morgan fingerprint density at radius 3 is 2.50 bits per heavy atom. The van der Waals surface area contributed by atoms with Crippen LogP contribution in [0.2, 0.25) is 5.02 Å². The number of carbonyl (C=O) groups excluding carboxylic acids is 1. The number of nitrogens with two attached hydrogens (primary N) is 1. The topological polar surface area (TPSA) is 89.6 Å². The molecule has 1 aliphatic rings. The quantitative estimate of drug-likeness (QED) is 0.749. The number of halogens is 5. The van der Waals surface area contributed by atoms with Crippen LogP contribution in [0, 0.1) is 11.6 Å². The number of hydrogen-bond donors (Lipinski definition) is 2. The fourth-order valence-corrected chi connectivity index (χ4v) is 2.15. The van der Waals surface area contributed by atoms with Gasteiger partial charge < -0.3 is 15.8 Å². The molecule has 1 atom stereocenters. The molecule has 11 heteroatoms. The number of anilines is 1. The highest BCUT2D eigenvalue weighted by Gasteiger charge is 2.22. The van der Waals surface area contributed by atoms with Crippen LogP contribution in [0.3, 0.4) is 0 Å². The van der Waals surface area contributed by atoms with Gasteiger partial charge in [0.2, 0.25) is 0 Å². The molecule has 0 unspecified atom stereocenters. The molecule has 0 saturated carbocycles. The van der Waals surface area contributed by atoms with Crippen LogP contribution in [-0.2, 0) is 4.74 Å². The second-order valence-electron chi connectivity index (χ2n) is 5.48. The van der Waals surface area contributed by atoms with E-state index in [0.717, 1.165) is 6.07 Å². The SMILES string of the molecule is NC1=N[C@@H](C(F)F)COC1.O=C(Nc1ccc(F)cc1)c1ncc(Cl)cc1F. The first-order chi connectivity index (χ1) is 13.3. The van der Waals surface area contributed by atoms with E-state index in [4.69, 9.17) is 22.1 Å². The molecule has 150 valence electrons. The van der Waals surface area contributed by atoms with Crippen LogP contribution in [0.1, 0.15) is 10.5 Å². The van der Waals surface area contributed by atoms with Gasteiger partial charge in [0.05, 0.1) is 11.6 Å². The van der Waals surface area contributed by atoms with Gasteiger partial charge in [-0.2, -0.15) is 0 Å². The molecule has 2 heterocycles. The summed E-state index contributed by atoms with van der Waals surface area (Å²) in [6.07, 6.45) is -1.30. The summed E-state index contributed by atoms with van der Waals surface area (Å²) in [7, 11) is 0. The smallest absolute Gasteiger partial charge is 0.277 e. The van der Waals surface area contributed by atoms with Gasteiger partial charge >= 0.3 is 0 Å². The first-order valence-electron chi connectivity index (χ1n) is 7.82. The molecular formula is C17H15ClF4N4O2. The molecule has 0 radical (unpaired) electrons. The highest BCUT2D eigenvalue weighted by molar-refractivity contribution is 6.30. The van der Waals surface area contributed by atoms with Gasteiger partial charge in [-0.15, -0.1) is 0 Å². The maximum Gasteiger partial charge on any atom is 0.277 e. The molecule has 0 spiro atoms. The summed E-state index contributed by atoms with van der Waals surface area (Å²) in [5.41, 5.74) is 5.13. The van der Waals surface area contributed by atoms with Gasteiger partial charge in [0, 0.05) is 11.9 Å². The maximum atomic E-state index is 13.4. The third-order valence-corrected chi connectivity index (χ3v) is 3.49. The first kappa shape index (κ1) is 21.6. The largest absolute Gasteiger partial charge is 0.386 e. The van der Waals surface area contributed by atoms with Gasteiger partial charge in [-0.1, -0.05) is 11.6 Å². The summed E-state index contributed by atoms with van der Waals surface area (Å²) < 4.78 is 54.5. The van der Waals surface area contributed by atoms with Crippen LogP contribution in [0.15, 0.2) is 41.5 Å². The van der Waals surface area contributed by atoms with Crippen LogP contribution >= 0.6 is 11.6 Å². The van der Waals surface area contributed by atoms with E-state index in [0.29, 0.717) is 5.69 Å². The predicted molar refractivity (Wildman–Crippen MR) is 95.8 cm³/mol. The molecule has 1 aromatic heterocycles. The van der Waals surface area contributed by atoms with Crippen molar-refractivity contribution in [1.82, 2.24) is 4.98 Å². The molecule has 1 aromatic carbocycles. The Kier molecular flexibility index (Phi) is 7.70. The van der Waals surface area contributed by atoms with E-state index in [1.54, 1.807) is 0 Å². The molecule has 0 bridgehead atoms. The molecule has 3 rings (SSSR count). The lowest BCUT2D eigenvalue weighted by molar-refractivity contribution is 0.0505. The fourth-order valence-electron chi connectivity index (χ4n) is 2.01. The van der Waals surface area contributed by atoms with Gasteiger partial charge in [0.15, 0.2) is 11.5 Å². The Morgan fingerprint density at radius 1 is 1.29 bits per heavy atom. The zero-order chi connectivity index (χ0) is 20.7. The van der Waals surface area contributed by atoms with E-state index in [1.165, 1.54) is 30.5 Å². The van der Waals surface area contributed by atoms with Crippen molar-refractivity contribution in [3.05, 3.63) is 58.9 Å². The van der Waals surface area contributed by atoms with E-state index in [1.807, 2.05) is 0 Å². The first-order valence-corrected chi connectivity index (χ1v) is 8.20. The van der Waals surface area contributed by atoms with Crippen molar-refractivity contribution in [2.24, 2.45) is 10.7 Å². The van der Waals surface area contributed by atoms with E-state index < -0.39 is 30.0 Å². The van der Waals surface area contributed by atoms with Crippen LogP contribution in [0.25, 0.3) is 0 Å². The maximum absolute atomic E-state index is 13.4.